The molecular formula is C14H20FN3O2. The molecule has 0 spiro atoms. The zero-order chi connectivity index (χ0) is 14.5. The first-order valence-electron chi connectivity index (χ1n) is 6.81. The second-order valence-corrected chi connectivity index (χ2v) is 4.87. The molecule has 6 heteroatoms. The number of nitrogens with zero attached hydrogens (tertiary/aromatic N) is 1. The fourth-order valence-electron chi connectivity index (χ4n) is 2.37. The monoisotopic (exact) mass is 281 g/mol. The fraction of sp³-hybridized carbons (Fsp3) is 0.500. The molecule has 1 unspecified atom stereocenters. The van der Waals surface area contributed by atoms with E-state index in [0.717, 1.165) is 18.7 Å². The lowest BCUT2D eigenvalue weighted by atomic mass is 10.1. The van der Waals surface area contributed by atoms with E-state index in [-0.39, 0.29) is 17.7 Å². The molecule has 20 heavy (non-hydrogen) atoms. The zero-order valence-corrected chi connectivity index (χ0v) is 11.5. The molecule has 3 N–H and O–H groups in total. The van der Waals surface area contributed by atoms with Crippen molar-refractivity contribution in [1.29, 1.82) is 0 Å². The third-order valence-electron chi connectivity index (χ3n) is 3.41. The molecule has 0 aliphatic carbocycles. The van der Waals surface area contributed by atoms with Crippen LogP contribution in [0.2, 0.25) is 0 Å². The molecule has 1 aromatic carbocycles. The van der Waals surface area contributed by atoms with Gasteiger partial charge in [0.15, 0.2) is 11.6 Å². The maximum atomic E-state index is 13.3. The van der Waals surface area contributed by atoms with Gasteiger partial charge in [-0.25, -0.2) is 4.39 Å². The van der Waals surface area contributed by atoms with Crippen molar-refractivity contribution in [3.63, 3.8) is 0 Å². The van der Waals surface area contributed by atoms with Gasteiger partial charge in [0.2, 0.25) is 5.91 Å². The number of carbonyl (C=O) groups is 1. The Balaban J connectivity index is 2.08. The number of likely N-dealkylation sites (N-methyl/N-ethyl adjacent to an activating group) is 1. The summed E-state index contributed by atoms with van der Waals surface area (Å²) < 4.78 is 13.3. The Morgan fingerprint density at radius 2 is 2.40 bits per heavy atom. The zero-order valence-electron chi connectivity index (χ0n) is 11.5. The highest BCUT2D eigenvalue weighted by atomic mass is 19.1. The maximum absolute atomic E-state index is 13.3. The van der Waals surface area contributed by atoms with Crippen molar-refractivity contribution in [3.05, 3.63) is 29.6 Å². The number of hydrogen-bond donors (Lipinski definition) is 3. The summed E-state index contributed by atoms with van der Waals surface area (Å²) >= 11 is 0. The number of nitrogens with one attached hydrogen (secondary N) is 2. The van der Waals surface area contributed by atoms with Crippen LogP contribution in [0, 0.1) is 5.82 Å². The Morgan fingerprint density at radius 1 is 1.60 bits per heavy atom. The highest BCUT2D eigenvalue weighted by Crippen LogP contribution is 2.18. The number of phenols is 1. The van der Waals surface area contributed by atoms with E-state index in [1.54, 1.807) is 6.07 Å². The van der Waals surface area contributed by atoms with E-state index in [0.29, 0.717) is 19.6 Å². The summed E-state index contributed by atoms with van der Waals surface area (Å²) in [6.45, 7) is 5.08. The van der Waals surface area contributed by atoms with Crippen LogP contribution in [-0.4, -0.2) is 48.1 Å². The van der Waals surface area contributed by atoms with Crippen LogP contribution in [0.5, 0.6) is 5.75 Å². The summed E-state index contributed by atoms with van der Waals surface area (Å²) in [5.74, 6) is -1.000. The van der Waals surface area contributed by atoms with Crippen LogP contribution in [0.15, 0.2) is 18.2 Å². The number of halogens is 1. The van der Waals surface area contributed by atoms with E-state index >= 15 is 0 Å². The van der Waals surface area contributed by atoms with Crippen molar-refractivity contribution < 1.29 is 14.3 Å². The Bertz CT molecular complexity index is 481. The SMILES string of the molecule is CCNC(=O)C1CNCCN1Cc1ccc(O)c(F)c1. The van der Waals surface area contributed by atoms with Crippen molar-refractivity contribution in [2.45, 2.75) is 19.5 Å². The number of amides is 1. The maximum Gasteiger partial charge on any atom is 0.238 e. The number of aromatic hydroxyl groups is 1. The van der Waals surface area contributed by atoms with Gasteiger partial charge in [-0.3, -0.25) is 9.69 Å². The number of hydrogen-bond acceptors (Lipinski definition) is 4. The van der Waals surface area contributed by atoms with Crippen LogP contribution >= 0.6 is 0 Å². The number of benzene rings is 1. The second-order valence-electron chi connectivity index (χ2n) is 4.87. The minimum Gasteiger partial charge on any atom is -0.505 e. The first kappa shape index (κ1) is 14.7. The summed E-state index contributed by atoms with van der Waals surface area (Å²) in [6.07, 6.45) is 0. The molecule has 1 aliphatic rings. The van der Waals surface area contributed by atoms with Gasteiger partial charge in [0.05, 0.1) is 0 Å². The molecule has 5 nitrogen and oxygen atoms in total. The molecule has 2 rings (SSSR count). The predicted molar refractivity (Wildman–Crippen MR) is 73.8 cm³/mol. The fourth-order valence-corrected chi connectivity index (χ4v) is 2.37. The van der Waals surface area contributed by atoms with Crippen LogP contribution in [0.25, 0.3) is 0 Å². The van der Waals surface area contributed by atoms with Crippen molar-refractivity contribution in [2.24, 2.45) is 0 Å². The van der Waals surface area contributed by atoms with Crippen LogP contribution in [0.1, 0.15) is 12.5 Å². The van der Waals surface area contributed by atoms with Crippen LogP contribution in [0.4, 0.5) is 4.39 Å². The summed E-state index contributed by atoms with van der Waals surface area (Å²) in [5.41, 5.74) is 0.747. The van der Waals surface area contributed by atoms with E-state index in [9.17, 15) is 14.3 Å². The van der Waals surface area contributed by atoms with Crippen molar-refractivity contribution >= 4 is 5.91 Å². The van der Waals surface area contributed by atoms with Gasteiger partial charge in [0, 0.05) is 32.7 Å². The summed E-state index contributed by atoms with van der Waals surface area (Å²) in [6, 6.07) is 4.08. The van der Waals surface area contributed by atoms with E-state index in [1.165, 1.54) is 12.1 Å². The summed E-state index contributed by atoms with van der Waals surface area (Å²) in [4.78, 5) is 14.0. The average Bonchev–Trinajstić information content (AvgIpc) is 2.44. The van der Waals surface area contributed by atoms with Crippen LogP contribution < -0.4 is 10.6 Å². The first-order valence-corrected chi connectivity index (χ1v) is 6.81. The van der Waals surface area contributed by atoms with Gasteiger partial charge in [-0.05, 0) is 24.6 Å². The predicted octanol–water partition coefficient (Wildman–Crippen LogP) is 0.441. The third-order valence-corrected chi connectivity index (χ3v) is 3.41. The van der Waals surface area contributed by atoms with Gasteiger partial charge in [-0.15, -0.1) is 0 Å². The normalized spacial score (nSPS) is 19.8. The van der Waals surface area contributed by atoms with E-state index in [1.807, 2.05) is 11.8 Å². The number of rotatable bonds is 4. The number of piperazine rings is 1. The van der Waals surface area contributed by atoms with Crippen LogP contribution in [-0.2, 0) is 11.3 Å². The lowest BCUT2D eigenvalue weighted by Crippen LogP contribution is -2.57. The molecule has 1 fully saturated rings. The lowest BCUT2D eigenvalue weighted by Gasteiger charge is -2.35. The molecule has 1 aliphatic heterocycles. The molecule has 110 valence electrons. The lowest BCUT2D eigenvalue weighted by molar-refractivity contribution is -0.127. The van der Waals surface area contributed by atoms with Crippen molar-refractivity contribution in [2.75, 3.05) is 26.2 Å². The topological polar surface area (TPSA) is 64.6 Å². The summed E-state index contributed by atoms with van der Waals surface area (Å²) in [7, 11) is 0. The highest BCUT2D eigenvalue weighted by molar-refractivity contribution is 5.82. The molecular weight excluding hydrogens is 261 g/mol. The minimum atomic E-state index is -0.632. The minimum absolute atomic E-state index is 0.0149. The number of carbonyl (C=O) groups excluding carboxylic acids is 1. The standard InChI is InChI=1S/C14H20FN3O2/c1-2-17-14(20)12-8-16-5-6-18(12)9-10-3-4-13(19)11(15)7-10/h3-4,7,12,16,19H,2,5-6,8-9H2,1H3,(H,17,20). The average molecular weight is 281 g/mol. The number of phenolic OH excluding ortho intramolecular Hbond substituents is 1. The molecule has 1 aromatic rings. The Kier molecular flexibility index (Phi) is 4.92. The van der Waals surface area contributed by atoms with Gasteiger partial charge in [-0.1, -0.05) is 6.07 Å². The summed E-state index contributed by atoms with van der Waals surface area (Å²) in [5, 5.41) is 15.2. The molecule has 1 amide bonds. The van der Waals surface area contributed by atoms with Gasteiger partial charge in [-0.2, -0.15) is 0 Å². The Hall–Kier alpha value is -1.66. The van der Waals surface area contributed by atoms with Gasteiger partial charge in [0.1, 0.15) is 6.04 Å². The Morgan fingerprint density at radius 3 is 3.10 bits per heavy atom. The van der Waals surface area contributed by atoms with Gasteiger partial charge < -0.3 is 15.7 Å². The molecule has 0 bridgehead atoms. The van der Waals surface area contributed by atoms with E-state index in [2.05, 4.69) is 10.6 Å². The quantitative estimate of drug-likeness (QED) is 0.749. The molecule has 0 radical (unpaired) electrons. The second kappa shape index (κ2) is 6.67. The molecule has 1 heterocycles. The smallest absolute Gasteiger partial charge is 0.238 e. The molecule has 1 saturated heterocycles. The molecule has 1 atom stereocenters. The first-order chi connectivity index (χ1) is 9.61. The van der Waals surface area contributed by atoms with E-state index < -0.39 is 5.82 Å². The van der Waals surface area contributed by atoms with Crippen molar-refractivity contribution in [3.8, 4) is 5.75 Å². The van der Waals surface area contributed by atoms with Gasteiger partial charge >= 0.3 is 0 Å². The highest BCUT2D eigenvalue weighted by Gasteiger charge is 2.28. The van der Waals surface area contributed by atoms with Gasteiger partial charge in [0.25, 0.3) is 0 Å². The largest absolute Gasteiger partial charge is 0.505 e. The third kappa shape index (κ3) is 3.46. The van der Waals surface area contributed by atoms with Crippen LogP contribution in [0.3, 0.4) is 0 Å². The molecule has 0 aromatic heterocycles. The van der Waals surface area contributed by atoms with E-state index in [4.69, 9.17) is 0 Å². The molecule has 0 saturated carbocycles. The van der Waals surface area contributed by atoms with Crippen molar-refractivity contribution in [1.82, 2.24) is 15.5 Å². The Labute approximate surface area is 117 Å².